The van der Waals surface area contributed by atoms with E-state index in [0.717, 1.165) is 56.4 Å². The van der Waals surface area contributed by atoms with Crippen LogP contribution in [0.5, 0.6) is 0 Å². The van der Waals surface area contributed by atoms with Crippen molar-refractivity contribution in [1.29, 1.82) is 0 Å². The minimum atomic E-state index is -1.91. The quantitative estimate of drug-likeness (QED) is 0.298. The fraction of sp³-hybridized carbons (Fsp3) is 0.517. The van der Waals surface area contributed by atoms with Crippen LogP contribution in [0.1, 0.15) is 62.2 Å². The van der Waals surface area contributed by atoms with Crippen LogP contribution >= 0.6 is 0 Å². The van der Waals surface area contributed by atoms with Gasteiger partial charge in [-0.3, -0.25) is 4.90 Å². The highest BCUT2D eigenvalue weighted by Gasteiger charge is 2.39. The number of morpholine rings is 1. The molecule has 0 radical (unpaired) electrons. The second-order valence-corrected chi connectivity index (χ2v) is 16.0. The van der Waals surface area contributed by atoms with Gasteiger partial charge in [-0.15, -0.1) is 0 Å². The van der Waals surface area contributed by atoms with E-state index >= 15 is 0 Å². The minimum Gasteiger partial charge on any atom is -0.407 e. The topological polar surface area (TPSA) is 65.5 Å². The molecule has 4 rings (SSSR count). The Labute approximate surface area is 222 Å². The van der Waals surface area contributed by atoms with Gasteiger partial charge in [0.1, 0.15) is 17.6 Å². The maximum atomic E-state index is 6.55. The lowest BCUT2D eigenvalue weighted by Gasteiger charge is -2.38. The van der Waals surface area contributed by atoms with Crippen LogP contribution in [-0.2, 0) is 22.1 Å². The van der Waals surface area contributed by atoms with Crippen LogP contribution in [0.15, 0.2) is 47.2 Å². The summed E-state index contributed by atoms with van der Waals surface area (Å²) in [5.41, 5.74) is 3.09. The van der Waals surface area contributed by atoms with E-state index in [4.69, 9.17) is 13.7 Å². The van der Waals surface area contributed by atoms with E-state index in [2.05, 4.69) is 96.5 Å². The van der Waals surface area contributed by atoms with Crippen molar-refractivity contribution in [2.75, 3.05) is 32.8 Å². The molecule has 0 aliphatic carbocycles. The van der Waals surface area contributed by atoms with Crippen LogP contribution in [0.3, 0.4) is 0 Å². The molecule has 7 nitrogen and oxygen atoms in total. The molecule has 1 unspecified atom stereocenters. The summed E-state index contributed by atoms with van der Waals surface area (Å²) in [6, 6.07) is 10.3. The molecule has 1 saturated heterocycles. The first kappa shape index (κ1) is 27.3. The third-order valence-electron chi connectivity index (χ3n) is 7.38. The minimum absolute atomic E-state index is 0.0982. The molecular weight excluding hydrogens is 480 g/mol. The van der Waals surface area contributed by atoms with Crippen molar-refractivity contribution in [1.82, 2.24) is 19.6 Å². The molecule has 37 heavy (non-hydrogen) atoms. The molecule has 1 aliphatic rings. The third kappa shape index (κ3) is 7.42. The molecular formula is C29H40N4O3Si. The first-order valence-electron chi connectivity index (χ1n) is 13.2. The smallest absolute Gasteiger partial charge is 0.210 e. The van der Waals surface area contributed by atoms with E-state index < -0.39 is 8.32 Å². The second kappa shape index (κ2) is 11.8. The summed E-state index contributed by atoms with van der Waals surface area (Å²) in [4.78, 5) is 7.03. The van der Waals surface area contributed by atoms with E-state index in [1.165, 1.54) is 5.56 Å². The summed E-state index contributed by atoms with van der Waals surface area (Å²) < 4.78 is 19.5. The predicted molar refractivity (Wildman–Crippen MR) is 148 cm³/mol. The number of aromatic nitrogens is 3. The van der Waals surface area contributed by atoms with E-state index in [1.54, 1.807) is 0 Å². The zero-order valence-corrected chi connectivity index (χ0v) is 24.1. The van der Waals surface area contributed by atoms with E-state index in [0.29, 0.717) is 12.3 Å². The summed E-state index contributed by atoms with van der Waals surface area (Å²) in [5.74, 6) is 7.75. The van der Waals surface area contributed by atoms with Crippen LogP contribution in [0.25, 0.3) is 0 Å². The van der Waals surface area contributed by atoms with Gasteiger partial charge in [-0.1, -0.05) is 44.0 Å². The zero-order chi connectivity index (χ0) is 26.5. The highest BCUT2D eigenvalue weighted by Crippen LogP contribution is 2.39. The van der Waals surface area contributed by atoms with Crippen molar-refractivity contribution in [3.05, 3.63) is 71.1 Å². The van der Waals surface area contributed by atoms with Gasteiger partial charge < -0.3 is 18.3 Å². The number of hydrogen-bond acceptors (Lipinski definition) is 6. The molecule has 1 atom stereocenters. The maximum absolute atomic E-state index is 6.55. The number of benzene rings is 1. The van der Waals surface area contributed by atoms with Gasteiger partial charge in [0.15, 0.2) is 8.32 Å². The van der Waals surface area contributed by atoms with E-state index in [-0.39, 0.29) is 11.1 Å². The fourth-order valence-electron chi connectivity index (χ4n) is 4.10. The predicted octanol–water partition coefficient (Wildman–Crippen LogP) is 5.28. The average Bonchev–Trinajstić information content (AvgIpc) is 3.51. The van der Waals surface area contributed by atoms with Crippen molar-refractivity contribution in [2.45, 2.75) is 64.9 Å². The molecule has 0 saturated carbocycles. The summed E-state index contributed by atoms with van der Waals surface area (Å²) in [5, 5.41) is 4.37. The summed E-state index contributed by atoms with van der Waals surface area (Å²) in [7, 11) is -1.91. The standard InChI is InChI=1S/C29H40N4O3Si/c1-23(36-37(5,6)29(2,3)4)28-30-14-16-33(28)22-26-21-27(35-31-26)12-11-24-7-9-25(10-8-24)13-15-32-17-19-34-20-18-32/h7-10,14,16,21,23H,13,15,17-20,22H2,1-6H3. The zero-order valence-electron chi connectivity index (χ0n) is 23.1. The monoisotopic (exact) mass is 520 g/mol. The average molecular weight is 521 g/mol. The Kier molecular flexibility index (Phi) is 8.70. The number of nitrogens with zero attached hydrogens (tertiary/aromatic N) is 4. The SMILES string of the molecule is CC(O[Si](C)(C)C(C)(C)C)c1nccn1Cc1cc(C#Cc2ccc(CCN3CCOCC3)cc2)on1. The van der Waals surface area contributed by atoms with Gasteiger partial charge in [-0.2, -0.15) is 0 Å². The molecule has 0 bridgehead atoms. The number of imidazole rings is 1. The normalized spacial score (nSPS) is 15.8. The Morgan fingerprint density at radius 2 is 1.84 bits per heavy atom. The highest BCUT2D eigenvalue weighted by atomic mass is 28.4. The van der Waals surface area contributed by atoms with Crippen molar-refractivity contribution in [3.63, 3.8) is 0 Å². The molecule has 0 amide bonds. The molecule has 2 aromatic heterocycles. The second-order valence-electron chi connectivity index (χ2n) is 11.3. The van der Waals surface area contributed by atoms with Gasteiger partial charge in [0.05, 0.1) is 19.8 Å². The Morgan fingerprint density at radius 1 is 1.11 bits per heavy atom. The Hall–Kier alpha value is -2.70. The van der Waals surface area contributed by atoms with Crippen LogP contribution in [0.4, 0.5) is 0 Å². The van der Waals surface area contributed by atoms with Crippen LogP contribution in [0.2, 0.25) is 18.1 Å². The summed E-state index contributed by atoms with van der Waals surface area (Å²) in [6.45, 7) is 18.7. The molecule has 0 N–H and O–H groups in total. The van der Waals surface area contributed by atoms with Crippen molar-refractivity contribution < 1.29 is 13.7 Å². The van der Waals surface area contributed by atoms with Gasteiger partial charge in [0.25, 0.3) is 0 Å². The Balaban J connectivity index is 1.33. The molecule has 1 aliphatic heterocycles. The van der Waals surface area contributed by atoms with Crippen LogP contribution in [-0.4, -0.2) is 60.8 Å². The summed E-state index contributed by atoms with van der Waals surface area (Å²) >= 11 is 0. The molecule has 0 spiro atoms. The van der Waals surface area contributed by atoms with Crippen molar-refractivity contribution >= 4 is 8.32 Å². The number of rotatable bonds is 8. The van der Waals surface area contributed by atoms with E-state index in [1.807, 2.05) is 18.5 Å². The van der Waals surface area contributed by atoms with Gasteiger partial charge >= 0.3 is 0 Å². The molecule has 1 fully saturated rings. The Morgan fingerprint density at radius 3 is 2.54 bits per heavy atom. The van der Waals surface area contributed by atoms with Crippen molar-refractivity contribution in [3.8, 4) is 11.8 Å². The molecule has 1 aromatic carbocycles. The molecule has 198 valence electrons. The van der Waals surface area contributed by atoms with Gasteiger partial charge in [0, 0.05) is 43.7 Å². The van der Waals surface area contributed by atoms with Gasteiger partial charge in [-0.05, 0) is 55.1 Å². The van der Waals surface area contributed by atoms with Crippen LogP contribution in [0, 0.1) is 11.8 Å². The first-order chi connectivity index (χ1) is 17.6. The molecule has 8 heteroatoms. The molecule has 3 aromatic rings. The van der Waals surface area contributed by atoms with Gasteiger partial charge in [-0.25, -0.2) is 4.98 Å². The first-order valence-corrected chi connectivity index (χ1v) is 16.1. The summed E-state index contributed by atoms with van der Waals surface area (Å²) in [6.07, 6.45) is 4.71. The third-order valence-corrected chi connectivity index (χ3v) is 11.9. The maximum Gasteiger partial charge on any atom is 0.210 e. The lowest BCUT2D eigenvalue weighted by Crippen LogP contribution is -2.41. The van der Waals surface area contributed by atoms with Crippen LogP contribution < -0.4 is 0 Å². The largest absolute Gasteiger partial charge is 0.407 e. The fourth-order valence-corrected chi connectivity index (χ4v) is 5.45. The lowest BCUT2D eigenvalue weighted by atomic mass is 10.1. The molecule has 3 heterocycles. The lowest BCUT2D eigenvalue weighted by molar-refractivity contribution is 0.0384. The Bertz CT molecular complexity index is 1210. The number of hydrogen-bond donors (Lipinski definition) is 0. The number of ether oxygens (including phenoxy) is 1. The van der Waals surface area contributed by atoms with Crippen molar-refractivity contribution in [2.24, 2.45) is 0 Å². The van der Waals surface area contributed by atoms with E-state index in [9.17, 15) is 0 Å². The highest BCUT2D eigenvalue weighted by molar-refractivity contribution is 6.74. The van der Waals surface area contributed by atoms with Gasteiger partial charge in [0.2, 0.25) is 5.76 Å².